The highest BCUT2D eigenvalue weighted by molar-refractivity contribution is 7.92. The first kappa shape index (κ1) is 18.4. The first-order valence-electron chi connectivity index (χ1n) is 9.29. The number of pyridine rings is 1. The van der Waals surface area contributed by atoms with E-state index in [1.165, 1.54) is 4.31 Å². The van der Waals surface area contributed by atoms with Gasteiger partial charge in [-0.3, -0.25) is 14.1 Å². The van der Waals surface area contributed by atoms with E-state index in [0.29, 0.717) is 29.9 Å². The number of rotatable bonds is 3. The van der Waals surface area contributed by atoms with Gasteiger partial charge in [0, 0.05) is 35.6 Å². The van der Waals surface area contributed by atoms with Crippen molar-refractivity contribution in [1.29, 1.82) is 0 Å². The van der Waals surface area contributed by atoms with E-state index in [1.807, 2.05) is 24.3 Å². The average molecular weight is 395 g/mol. The van der Waals surface area contributed by atoms with Crippen molar-refractivity contribution in [3.63, 3.8) is 0 Å². The highest BCUT2D eigenvalue weighted by atomic mass is 32.2. The van der Waals surface area contributed by atoms with Crippen LogP contribution >= 0.6 is 0 Å². The Morgan fingerprint density at radius 1 is 0.964 bits per heavy atom. The number of benzene rings is 2. The Kier molecular flexibility index (Phi) is 5.00. The normalized spacial score (nSPS) is 16.5. The standard InChI is InChI=1S/C21H21N3O3S/c25-21(23-19-7-4-18-15-22-11-10-17(18)14-19)16-5-8-20(9-6-16)24-12-2-1-3-13-28(24,26)27/h4-11,14-15H,1-3,12-13H2,(H,23,25). The fourth-order valence-electron chi connectivity index (χ4n) is 3.40. The highest BCUT2D eigenvalue weighted by Crippen LogP contribution is 2.24. The van der Waals surface area contributed by atoms with Gasteiger partial charge in [-0.15, -0.1) is 0 Å². The largest absolute Gasteiger partial charge is 0.322 e. The van der Waals surface area contributed by atoms with Crippen molar-refractivity contribution in [3.8, 4) is 0 Å². The number of aromatic nitrogens is 1. The Morgan fingerprint density at radius 2 is 1.79 bits per heavy atom. The highest BCUT2D eigenvalue weighted by Gasteiger charge is 2.24. The molecule has 0 unspecified atom stereocenters. The molecule has 6 nitrogen and oxygen atoms in total. The van der Waals surface area contributed by atoms with Gasteiger partial charge in [0.05, 0.1) is 11.4 Å². The number of sulfonamides is 1. The molecule has 0 spiro atoms. The zero-order valence-electron chi connectivity index (χ0n) is 15.3. The predicted molar refractivity (Wildman–Crippen MR) is 111 cm³/mol. The van der Waals surface area contributed by atoms with E-state index in [4.69, 9.17) is 0 Å². The molecule has 144 valence electrons. The van der Waals surface area contributed by atoms with Gasteiger partial charge in [0.2, 0.25) is 10.0 Å². The molecule has 1 amide bonds. The molecule has 4 rings (SSSR count). The number of fused-ring (bicyclic) bond motifs is 1. The van der Waals surface area contributed by atoms with E-state index < -0.39 is 10.0 Å². The van der Waals surface area contributed by atoms with Gasteiger partial charge < -0.3 is 5.32 Å². The summed E-state index contributed by atoms with van der Waals surface area (Å²) in [5.74, 6) is -0.0640. The van der Waals surface area contributed by atoms with Crippen LogP contribution in [0.1, 0.15) is 29.6 Å². The van der Waals surface area contributed by atoms with E-state index >= 15 is 0 Å². The van der Waals surface area contributed by atoms with Gasteiger partial charge in [0.1, 0.15) is 0 Å². The molecule has 1 fully saturated rings. The van der Waals surface area contributed by atoms with Crippen LogP contribution in [0.2, 0.25) is 0 Å². The lowest BCUT2D eigenvalue weighted by Gasteiger charge is -2.22. The van der Waals surface area contributed by atoms with Crippen LogP contribution in [-0.2, 0) is 10.0 Å². The van der Waals surface area contributed by atoms with Crippen molar-refractivity contribution in [3.05, 3.63) is 66.5 Å². The van der Waals surface area contributed by atoms with E-state index in [0.717, 1.165) is 23.6 Å². The number of amides is 1. The summed E-state index contributed by atoms with van der Waals surface area (Å²) in [4.78, 5) is 16.6. The number of nitrogens with one attached hydrogen (secondary N) is 1. The van der Waals surface area contributed by atoms with E-state index in [-0.39, 0.29) is 11.7 Å². The SMILES string of the molecule is O=C(Nc1ccc2cnccc2c1)c1ccc(N2CCCCCS2(=O)=O)cc1. The molecule has 0 bridgehead atoms. The molecule has 1 N–H and O–H groups in total. The van der Waals surface area contributed by atoms with Crippen molar-refractivity contribution in [2.75, 3.05) is 21.9 Å². The van der Waals surface area contributed by atoms with Crippen LogP contribution in [0.5, 0.6) is 0 Å². The summed E-state index contributed by atoms with van der Waals surface area (Å²) >= 11 is 0. The molecule has 0 atom stereocenters. The van der Waals surface area contributed by atoms with Gasteiger partial charge in [-0.2, -0.15) is 0 Å². The van der Waals surface area contributed by atoms with Gasteiger partial charge in [0.25, 0.3) is 5.91 Å². The minimum Gasteiger partial charge on any atom is -0.322 e. The minimum absolute atomic E-state index is 0.173. The monoisotopic (exact) mass is 395 g/mol. The third-order valence-corrected chi connectivity index (χ3v) is 6.78. The van der Waals surface area contributed by atoms with Crippen LogP contribution in [0.25, 0.3) is 10.8 Å². The lowest BCUT2D eigenvalue weighted by atomic mass is 10.1. The second kappa shape index (κ2) is 7.59. The van der Waals surface area contributed by atoms with Gasteiger partial charge in [0.15, 0.2) is 0 Å². The average Bonchev–Trinajstić information content (AvgIpc) is 2.88. The number of nitrogens with zero attached hydrogens (tertiary/aromatic N) is 2. The molecule has 0 radical (unpaired) electrons. The molecule has 7 heteroatoms. The molecule has 28 heavy (non-hydrogen) atoms. The number of hydrogen-bond acceptors (Lipinski definition) is 4. The topological polar surface area (TPSA) is 79.4 Å². The van der Waals surface area contributed by atoms with Crippen molar-refractivity contribution in [2.24, 2.45) is 0 Å². The Bertz CT molecular complexity index is 1110. The smallest absolute Gasteiger partial charge is 0.255 e. The number of carbonyl (C=O) groups is 1. The van der Waals surface area contributed by atoms with E-state index in [2.05, 4.69) is 10.3 Å². The molecule has 1 aliphatic rings. The first-order chi connectivity index (χ1) is 13.5. The minimum atomic E-state index is -3.29. The van der Waals surface area contributed by atoms with Crippen molar-refractivity contribution < 1.29 is 13.2 Å². The summed E-state index contributed by atoms with van der Waals surface area (Å²) in [6, 6.07) is 14.2. The quantitative estimate of drug-likeness (QED) is 0.731. The number of anilines is 2. The third-order valence-electron chi connectivity index (χ3n) is 4.92. The van der Waals surface area contributed by atoms with E-state index in [9.17, 15) is 13.2 Å². The first-order valence-corrected chi connectivity index (χ1v) is 10.9. The van der Waals surface area contributed by atoms with Crippen LogP contribution in [0.15, 0.2) is 60.9 Å². The molecule has 2 aromatic carbocycles. The summed E-state index contributed by atoms with van der Waals surface area (Å²) in [5, 5.41) is 4.88. The molecule has 1 aromatic heterocycles. The van der Waals surface area contributed by atoms with Crippen LogP contribution < -0.4 is 9.62 Å². The number of carbonyl (C=O) groups excluding carboxylic acids is 1. The number of hydrogen-bond donors (Lipinski definition) is 1. The predicted octanol–water partition coefficient (Wildman–Crippen LogP) is 3.81. The fraction of sp³-hybridized carbons (Fsp3) is 0.238. The second-order valence-corrected chi connectivity index (χ2v) is 8.90. The van der Waals surface area contributed by atoms with Gasteiger partial charge in [-0.05, 0) is 60.7 Å². The maximum atomic E-state index is 12.6. The second-order valence-electron chi connectivity index (χ2n) is 6.89. The summed E-state index contributed by atoms with van der Waals surface area (Å²) in [5.41, 5.74) is 1.78. The van der Waals surface area contributed by atoms with E-state index in [1.54, 1.807) is 36.7 Å². The molecule has 2 heterocycles. The molecule has 0 aliphatic carbocycles. The molecule has 0 saturated carbocycles. The zero-order chi connectivity index (χ0) is 19.6. The van der Waals surface area contributed by atoms with Crippen LogP contribution in [0.4, 0.5) is 11.4 Å². The van der Waals surface area contributed by atoms with Crippen LogP contribution in [0, 0.1) is 0 Å². The van der Waals surface area contributed by atoms with Gasteiger partial charge in [-0.25, -0.2) is 8.42 Å². The maximum absolute atomic E-state index is 12.6. The van der Waals surface area contributed by atoms with Crippen LogP contribution in [0.3, 0.4) is 0 Å². The Morgan fingerprint density at radius 3 is 2.61 bits per heavy atom. The fourth-order valence-corrected chi connectivity index (χ4v) is 5.04. The van der Waals surface area contributed by atoms with Crippen LogP contribution in [-0.4, -0.2) is 31.6 Å². The molecule has 3 aromatic rings. The summed E-state index contributed by atoms with van der Waals surface area (Å²) in [6.45, 7) is 0.486. The van der Waals surface area contributed by atoms with Crippen molar-refractivity contribution in [2.45, 2.75) is 19.3 Å². The van der Waals surface area contributed by atoms with Gasteiger partial charge >= 0.3 is 0 Å². The zero-order valence-corrected chi connectivity index (χ0v) is 16.2. The Hall–Kier alpha value is -2.93. The van der Waals surface area contributed by atoms with Gasteiger partial charge in [-0.1, -0.05) is 12.5 Å². The van der Waals surface area contributed by atoms with Crippen molar-refractivity contribution >= 4 is 38.1 Å². The summed E-state index contributed by atoms with van der Waals surface area (Å²) < 4.78 is 26.3. The van der Waals surface area contributed by atoms with Crippen molar-refractivity contribution in [1.82, 2.24) is 4.98 Å². The lowest BCUT2D eigenvalue weighted by molar-refractivity contribution is 0.102. The maximum Gasteiger partial charge on any atom is 0.255 e. The molecule has 1 aliphatic heterocycles. The Labute approximate surface area is 164 Å². The lowest BCUT2D eigenvalue weighted by Crippen LogP contribution is -2.32. The molecular weight excluding hydrogens is 374 g/mol. The summed E-state index contributed by atoms with van der Waals surface area (Å²) in [6.07, 6.45) is 5.94. The molecule has 1 saturated heterocycles. The Balaban J connectivity index is 1.52. The molecular formula is C21H21N3O3S. The summed E-state index contributed by atoms with van der Waals surface area (Å²) in [7, 11) is -3.29. The third kappa shape index (κ3) is 3.84.